The second kappa shape index (κ2) is 9.95. The Morgan fingerprint density at radius 2 is 1.74 bits per heavy atom. The molecule has 1 aliphatic heterocycles. The van der Waals surface area contributed by atoms with Crippen LogP contribution in [0.4, 0.5) is 0 Å². The number of ether oxygens (including phenoxy) is 1. The number of nitrogens with two attached hydrogens (primary N) is 1. The minimum absolute atomic E-state index is 0. The monoisotopic (exact) mass is 397 g/mol. The van der Waals surface area contributed by atoms with Crippen LogP contribution in [-0.2, 0) is 4.79 Å². The van der Waals surface area contributed by atoms with Crippen molar-refractivity contribution in [1.29, 1.82) is 0 Å². The van der Waals surface area contributed by atoms with Gasteiger partial charge in [0, 0.05) is 29.7 Å². The maximum absolute atomic E-state index is 12.5. The highest BCUT2D eigenvalue weighted by Crippen LogP contribution is 2.23. The van der Waals surface area contributed by atoms with Gasteiger partial charge in [-0.3, -0.25) is 9.59 Å². The number of halogens is 1. The quantitative estimate of drug-likeness (QED) is 0.772. The lowest BCUT2D eigenvalue weighted by atomic mass is 9.97. The smallest absolute Gasteiger partial charge is 0.260 e. The summed E-state index contributed by atoms with van der Waals surface area (Å²) in [6, 6.07) is 7.31. The van der Waals surface area contributed by atoms with Gasteiger partial charge in [-0.15, -0.1) is 12.4 Å². The number of carbonyl (C=O) groups is 2. The molecule has 1 saturated heterocycles. The fourth-order valence-electron chi connectivity index (χ4n) is 3.27. The molecule has 2 unspecified atom stereocenters. The first-order chi connectivity index (χ1) is 12.2. The molecule has 2 rings (SSSR count). The van der Waals surface area contributed by atoms with Crippen molar-refractivity contribution in [2.75, 3.05) is 13.2 Å². The Hall–Kier alpha value is -1.79. The Morgan fingerprint density at radius 1 is 1.19 bits per heavy atom. The number of nitrogens with one attached hydrogen (secondary N) is 1. The molecule has 2 amide bonds. The number of amides is 2. The first-order valence-electron chi connectivity index (χ1n) is 9.30. The molecule has 27 heavy (non-hydrogen) atoms. The standard InChI is InChI=1S/C20H31N3O3.ClH/c1-14-6-5-7-15(2)23(14)18(24)12-26-17-10-8-16(9-11-17)19(25)22-20(3,4)13-21;/h8-11,14-15H,5-7,12-13,21H2,1-4H3,(H,22,25);1H. The van der Waals surface area contributed by atoms with Crippen LogP contribution in [0.5, 0.6) is 5.75 Å². The molecule has 2 atom stereocenters. The average Bonchev–Trinajstić information content (AvgIpc) is 2.60. The van der Waals surface area contributed by atoms with E-state index in [2.05, 4.69) is 19.2 Å². The van der Waals surface area contributed by atoms with Crippen LogP contribution in [-0.4, -0.2) is 47.5 Å². The minimum Gasteiger partial charge on any atom is -0.484 e. The minimum atomic E-state index is -0.458. The third-order valence-corrected chi connectivity index (χ3v) is 4.92. The Bertz CT molecular complexity index is 624. The van der Waals surface area contributed by atoms with E-state index in [1.54, 1.807) is 24.3 Å². The summed E-state index contributed by atoms with van der Waals surface area (Å²) in [4.78, 5) is 26.6. The van der Waals surface area contributed by atoms with Crippen LogP contribution in [0, 0.1) is 0 Å². The molecule has 152 valence electrons. The van der Waals surface area contributed by atoms with Gasteiger partial charge in [-0.05, 0) is 71.2 Å². The summed E-state index contributed by atoms with van der Waals surface area (Å²) >= 11 is 0. The van der Waals surface area contributed by atoms with E-state index >= 15 is 0 Å². The molecule has 1 fully saturated rings. The molecule has 0 bridgehead atoms. The molecule has 1 heterocycles. The van der Waals surface area contributed by atoms with E-state index < -0.39 is 5.54 Å². The van der Waals surface area contributed by atoms with Crippen LogP contribution in [0.3, 0.4) is 0 Å². The largest absolute Gasteiger partial charge is 0.484 e. The van der Waals surface area contributed by atoms with Gasteiger partial charge in [-0.2, -0.15) is 0 Å². The zero-order valence-corrected chi connectivity index (χ0v) is 17.5. The van der Waals surface area contributed by atoms with Gasteiger partial charge in [0.2, 0.25) is 0 Å². The number of nitrogens with zero attached hydrogens (tertiary/aromatic N) is 1. The molecule has 0 saturated carbocycles. The zero-order valence-electron chi connectivity index (χ0n) is 16.7. The third kappa shape index (κ3) is 6.40. The zero-order chi connectivity index (χ0) is 19.3. The Labute approximate surface area is 168 Å². The summed E-state index contributed by atoms with van der Waals surface area (Å²) in [7, 11) is 0. The molecule has 0 spiro atoms. The van der Waals surface area contributed by atoms with Crippen LogP contribution in [0.25, 0.3) is 0 Å². The Balaban J connectivity index is 0.00000364. The summed E-state index contributed by atoms with van der Waals surface area (Å²) in [5.74, 6) is 0.403. The fourth-order valence-corrected chi connectivity index (χ4v) is 3.27. The van der Waals surface area contributed by atoms with Crippen molar-refractivity contribution in [2.45, 2.75) is 64.6 Å². The van der Waals surface area contributed by atoms with Crippen LogP contribution < -0.4 is 15.8 Å². The molecule has 1 aromatic carbocycles. The van der Waals surface area contributed by atoms with Gasteiger partial charge in [0.25, 0.3) is 11.8 Å². The summed E-state index contributed by atoms with van der Waals surface area (Å²) in [5, 5.41) is 2.88. The number of benzene rings is 1. The number of hydrogen-bond acceptors (Lipinski definition) is 4. The van der Waals surface area contributed by atoms with Gasteiger partial charge in [-0.25, -0.2) is 0 Å². The van der Waals surface area contributed by atoms with E-state index in [1.807, 2.05) is 18.7 Å². The normalized spacial score (nSPS) is 19.8. The van der Waals surface area contributed by atoms with Crippen LogP contribution in [0.2, 0.25) is 0 Å². The van der Waals surface area contributed by atoms with Gasteiger partial charge in [-0.1, -0.05) is 0 Å². The number of rotatable bonds is 6. The summed E-state index contributed by atoms with van der Waals surface area (Å²) in [6.45, 7) is 8.29. The number of likely N-dealkylation sites (tertiary alicyclic amines) is 1. The molecular formula is C20H32ClN3O3. The number of carbonyl (C=O) groups excluding carboxylic acids is 2. The van der Waals surface area contributed by atoms with E-state index in [0.717, 1.165) is 19.3 Å². The summed E-state index contributed by atoms with van der Waals surface area (Å²) in [6.07, 6.45) is 3.25. The Morgan fingerprint density at radius 3 is 2.26 bits per heavy atom. The third-order valence-electron chi connectivity index (χ3n) is 4.92. The molecule has 3 N–H and O–H groups in total. The lowest BCUT2D eigenvalue weighted by Gasteiger charge is -2.38. The second-order valence-corrected chi connectivity index (χ2v) is 7.79. The van der Waals surface area contributed by atoms with Crippen LogP contribution in [0.15, 0.2) is 24.3 Å². The van der Waals surface area contributed by atoms with Crippen molar-refractivity contribution in [2.24, 2.45) is 5.73 Å². The van der Waals surface area contributed by atoms with Gasteiger partial charge in [0.05, 0.1) is 0 Å². The highest BCUT2D eigenvalue weighted by molar-refractivity contribution is 5.94. The SMILES string of the molecule is CC1CCCC(C)N1C(=O)COc1ccc(C(=O)NC(C)(C)CN)cc1.Cl. The molecular weight excluding hydrogens is 366 g/mol. The predicted molar refractivity (Wildman–Crippen MR) is 109 cm³/mol. The highest BCUT2D eigenvalue weighted by atomic mass is 35.5. The average molecular weight is 398 g/mol. The van der Waals surface area contributed by atoms with E-state index in [9.17, 15) is 9.59 Å². The van der Waals surface area contributed by atoms with Crippen molar-refractivity contribution in [1.82, 2.24) is 10.2 Å². The topological polar surface area (TPSA) is 84.7 Å². The lowest BCUT2D eigenvalue weighted by Crippen LogP contribution is -2.49. The van der Waals surface area contributed by atoms with Crippen molar-refractivity contribution < 1.29 is 14.3 Å². The van der Waals surface area contributed by atoms with Crippen LogP contribution >= 0.6 is 12.4 Å². The first kappa shape index (κ1) is 23.2. The van der Waals surface area contributed by atoms with E-state index in [0.29, 0.717) is 17.9 Å². The predicted octanol–water partition coefficient (Wildman–Crippen LogP) is 2.74. The maximum Gasteiger partial charge on any atom is 0.260 e. The highest BCUT2D eigenvalue weighted by Gasteiger charge is 2.29. The molecule has 6 nitrogen and oxygen atoms in total. The van der Waals surface area contributed by atoms with Crippen molar-refractivity contribution >= 4 is 24.2 Å². The molecule has 1 aromatic rings. The van der Waals surface area contributed by atoms with Crippen LogP contribution in [0.1, 0.15) is 57.3 Å². The van der Waals surface area contributed by atoms with Gasteiger partial charge in [0.1, 0.15) is 5.75 Å². The van der Waals surface area contributed by atoms with Crippen molar-refractivity contribution in [3.63, 3.8) is 0 Å². The number of hydrogen-bond donors (Lipinski definition) is 2. The maximum atomic E-state index is 12.5. The second-order valence-electron chi connectivity index (χ2n) is 7.79. The van der Waals surface area contributed by atoms with E-state index in [-0.39, 0.29) is 42.9 Å². The van der Waals surface area contributed by atoms with Gasteiger partial charge >= 0.3 is 0 Å². The lowest BCUT2D eigenvalue weighted by molar-refractivity contribution is -0.139. The van der Waals surface area contributed by atoms with Crippen molar-refractivity contribution in [3.05, 3.63) is 29.8 Å². The summed E-state index contributed by atoms with van der Waals surface area (Å²) in [5.41, 5.74) is 5.71. The Kier molecular flexibility index (Phi) is 8.57. The van der Waals surface area contributed by atoms with Gasteiger partial charge in [0.15, 0.2) is 6.61 Å². The van der Waals surface area contributed by atoms with Crippen molar-refractivity contribution in [3.8, 4) is 5.75 Å². The molecule has 7 heteroatoms. The van der Waals surface area contributed by atoms with E-state index in [1.165, 1.54) is 0 Å². The molecule has 0 radical (unpaired) electrons. The van der Waals surface area contributed by atoms with Gasteiger partial charge < -0.3 is 20.7 Å². The number of piperidine rings is 1. The first-order valence-corrected chi connectivity index (χ1v) is 9.30. The molecule has 1 aliphatic rings. The summed E-state index contributed by atoms with van der Waals surface area (Å²) < 4.78 is 5.63. The fraction of sp³-hybridized carbons (Fsp3) is 0.600. The van der Waals surface area contributed by atoms with E-state index in [4.69, 9.17) is 10.5 Å². The molecule has 0 aromatic heterocycles. The molecule has 0 aliphatic carbocycles.